The molecule has 2 aromatic heterocycles. The number of anilines is 1. The Labute approximate surface area is 115 Å². The second-order valence-corrected chi connectivity index (χ2v) is 5.95. The van der Waals surface area contributed by atoms with Crippen molar-refractivity contribution in [3.63, 3.8) is 0 Å². The lowest BCUT2D eigenvalue weighted by Crippen LogP contribution is -2.40. The van der Waals surface area contributed by atoms with Gasteiger partial charge in [-0.05, 0) is 42.3 Å². The summed E-state index contributed by atoms with van der Waals surface area (Å²) >= 11 is 7.72. The van der Waals surface area contributed by atoms with Crippen molar-refractivity contribution in [1.82, 2.24) is 9.97 Å². The molecule has 3 rings (SSSR count). The first-order valence-electron chi connectivity index (χ1n) is 6.07. The summed E-state index contributed by atoms with van der Waals surface area (Å²) in [4.78, 5) is 11.0. The zero-order valence-electron chi connectivity index (χ0n) is 10.2. The predicted molar refractivity (Wildman–Crippen MR) is 76.6 cm³/mol. The predicted octanol–water partition coefficient (Wildman–Crippen LogP) is 2.58. The molecule has 18 heavy (non-hydrogen) atoms. The number of nitrogens with zero attached hydrogens (tertiary/aromatic N) is 3. The molecule has 0 unspecified atom stereocenters. The van der Waals surface area contributed by atoms with Gasteiger partial charge in [-0.25, -0.2) is 4.98 Å². The molecule has 3 heterocycles. The van der Waals surface area contributed by atoms with Gasteiger partial charge < -0.3 is 10.6 Å². The standard InChI is InChI=1S/C12H15ClN4S/c1-7-6-18-10-9(7)15-12(13)16-11(10)17-4-2-8(14)3-5-17/h6,8H,2-5,14H2,1H3. The molecule has 2 aromatic rings. The van der Waals surface area contributed by atoms with Crippen LogP contribution in [0.1, 0.15) is 18.4 Å². The van der Waals surface area contributed by atoms with Crippen LogP contribution in [-0.4, -0.2) is 29.1 Å². The summed E-state index contributed by atoms with van der Waals surface area (Å²) < 4.78 is 1.13. The Morgan fingerprint density at radius 1 is 1.39 bits per heavy atom. The van der Waals surface area contributed by atoms with Crippen LogP contribution in [0.25, 0.3) is 10.2 Å². The summed E-state index contributed by atoms with van der Waals surface area (Å²) in [5.41, 5.74) is 8.08. The van der Waals surface area contributed by atoms with Crippen molar-refractivity contribution >= 4 is 39.0 Å². The van der Waals surface area contributed by atoms with Gasteiger partial charge in [0.25, 0.3) is 0 Å². The zero-order chi connectivity index (χ0) is 12.7. The van der Waals surface area contributed by atoms with Crippen LogP contribution in [0, 0.1) is 6.92 Å². The number of fused-ring (bicyclic) bond motifs is 1. The molecule has 1 saturated heterocycles. The number of piperidine rings is 1. The Morgan fingerprint density at radius 2 is 2.11 bits per heavy atom. The number of thiophene rings is 1. The summed E-state index contributed by atoms with van der Waals surface area (Å²) in [6.07, 6.45) is 2.01. The van der Waals surface area contributed by atoms with Crippen LogP contribution in [-0.2, 0) is 0 Å². The number of aryl methyl sites for hydroxylation is 1. The fourth-order valence-electron chi connectivity index (χ4n) is 2.32. The average molecular weight is 283 g/mol. The van der Waals surface area contributed by atoms with Crippen molar-refractivity contribution < 1.29 is 0 Å². The van der Waals surface area contributed by atoms with E-state index in [1.807, 2.05) is 0 Å². The first-order chi connectivity index (χ1) is 8.65. The van der Waals surface area contributed by atoms with Gasteiger partial charge in [0.05, 0.1) is 10.2 Å². The van der Waals surface area contributed by atoms with Crippen LogP contribution < -0.4 is 10.6 Å². The van der Waals surface area contributed by atoms with Gasteiger partial charge in [0, 0.05) is 19.1 Å². The number of aromatic nitrogens is 2. The highest BCUT2D eigenvalue weighted by molar-refractivity contribution is 7.18. The van der Waals surface area contributed by atoms with Crippen molar-refractivity contribution in [2.24, 2.45) is 5.73 Å². The molecule has 0 saturated carbocycles. The van der Waals surface area contributed by atoms with E-state index in [1.54, 1.807) is 11.3 Å². The third-order valence-corrected chi connectivity index (χ3v) is 4.64. The van der Waals surface area contributed by atoms with Crippen LogP contribution in [0.3, 0.4) is 0 Å². The normalized spacial score (nSPS) is 17.6. The maximum Gasteiger partial charge on any atom is 0.224 e. The molecule has 0 spiro atoms. The fraction of sp³-hybridized carbons (Fsp3) is 0.500. The van der Waals surface area contributed by atoms with E-state index in [2.05, 4.69) is 27.2 Å². The van der Waals surface area contributed by atoms with Gasteiger partial charge in [-0.1, -0.05) is 0 Å². The molecular weight excluding hydrogens is 268 g/mol. The van der Waals surface area contributed by atoms with Gasteiger partial charge >= 0.3 is 0 Å². The lowest BCUT2D eigenvalue weighted by atomic mass is 10.1. The minimum atomic E-state index is 0.319. The molecule has 4 nitrogen and oxygen atoms in total. The van der Waals surface area contributed by atoms with Crippen LogP contribution in [0.15, 0.2) is 5.38 Å². The molecule has 0 radical (unpaired) electrons. The van der Waals surface area contributed by atoms with E-state index in [9.17, 15) is 0 Å². The molecule has 1 fully saturated rings. The number of halogens is 1. The lowest BCUT2D eigenvalue weighted by molar-refractivity contribution is 0.499. The van der Waals surface area contributed by atoms with Gasteiger partial charge in [-0.2, -0.15) is 4.98 Å². The van der Waals surface area contributed by atoms with Crippen LogP contribution in [0.2, 0.25) is 5.28 Å². The van der Waals surface area contributed by atoms with Crippen molar-refractivity contribution in [3.8, 4) is 0 Å². The summed E-state index contributed by atoms with van der Waals surface area (Å²) in [6.45, 7) is 3.94. The van der Waals surface area contributed by atoms with E-state index in [1.165, 1.54) is 0 Å². The SMILES string of the molecule is Cc1csc2c(N3CCC(N)CC3)nc(Cl)nc12. The third-order valence-electron chi connectivity index (χ3n) is 3.39. The monoisotopic (exact) mass is 282 g/mol. The van der Waals surface area contributed by atoms with Crippen LogP contribution in [0.4, 0.5) is 5.82 Å². The highest BCUT2D eigenvalue weighted by Crippen LogP contribution is 2.33. The minimum absolute atomic E-state index is 0.319. The highest BCUT2D eigenvalue weighted by atomic mass is 35.5. The van der Waals surface area contributed by atoms with Gasteiger partial charge in [0.15, 0.2) is 5.82 Å². The Morgan fingerprint density at radius 3 is 2.83 bits per heavy atom. The largest absolute Gasteiger partial charge is 0.355 e. The number of rotatable bonds is 1. The van der Waals surface area contributed by atoms with Gasteiger partial charge in [0.1, 0.15) is 0 Å². The van der Waals surface area contributed by atoms with E-state index in [4.69, 9.17) is 17.3 Å². The second-order valence-electron chi connectivity index (χ2n) is 4.74. The van der Waals surface area contributed by atoms with Crippen molar-refractivity contribution in [1.29, 1.82) is 0 Å². The summed E-state index contributed by atoms with van der Waals surface area (Å²) in [6, 6.07) is 0.319. The van der Waals surface area contributed by atoms with E-state index >= 15 is 0 Å². The Balaban J connectivity index is 2.05. The first-order valence-corrected chi connectivity index (χ1v) is 7.33. The topological polar surface area (TPSA) is 55.0 Å². The molecule has 0 aliphatic carbocycles. The Kier molecular flexibility index (Phi) is 3.13. The minimum Gasteiger partial charge on any atom is -0.355 e. The molecular formula is C12H15ClN4S. The third kappa shape index (κ3) is 2.06. The van der Waals surface area contributed by atoms with Gasteiger partial charge in [-0.15, -0.1) is 11.3 Å². The summed E-state index contributed by atoms with van der Waals surface area (Å²) in [7, 11) is 0. The zero-order valence-corrected chi connectivity index (χ0v) is 11.8. The maximum absolute atomic E-state index is 6.03. The molecule has 0 atom stereocenters. The quantitative estimate of drug-likeness (QED) is 0.817. The van der Waals surface area contributed by atoms with Crippen LogP contribution in [0.5, 0.6) is 0 Å². The van der Waals surface area contributed by atoms with E-state index in [0.717, 1.165) is 47.5 Å². The number of hydrogen-bond acceptors (Lipinski definition) is 5. The lowest BCUT2D eigenvalue weighted by Gasteiger charge is -2.31. The second kappa shape index (κ2) is 4.64. The maximum atomic E-state index is 6.03. The molecule has 2 N–H and O–H groups in total. The van der Waals surface area contributed by atoms with Gasteiger partial charge in [0.2, 0.25) is 5.28 Å². The molecule has 0 bridgehead atoms. The van der Waals surface area contributed by atoms with E-state index in [-0.39, 0.29) is 0 Å². The smallest absolute Gasteiger partial charge is 0.224 e. The Hall–Kier alpha value is -0.910. The average Bonchev–Trinajstić information content (AvgIpc) is 2.71. The van der Waals surface area contributed by atoms with E-state index in [0.29, 0.717) is 11.3 Å². The highest BCUT2D eigenvalue weighted by Gasteiger charge is 2.21. The molecule has 1 aliphatic heterocycles. The molecule has 6 heteroatoms. The fourth-order valence-corrected chi connectivity index (χ4v) is 3.49. The van der Waals surface area contributed by atoms with Crippen molar-refractivity contribution in [3.05, 3.63) is 16.2 Å². The summed E-state index contributed by atoms with van der Waals surface area (Å²) in [5, 5.41) is 2.43. The molecule has 96 valence electrons. The van der Waals surface area contributed by atoms with Crippen molar-refractivity contribution in [2.45, 2.75) is 25.8 Å². The molecule has 1 aliphatic rings. The van der Waals surface area contributed by atoms with E-state index < -0.39 is 0 Å². The molecule has 0 amide bonds. The van der Waals surface area contributed by atoms with Crippen molar-refractivity contribution in [2.75, 3.05) is 18.0 Å². The van der Waals surface area contributed by atoms with Gasteiger partial charge in [-0.3, -0.25) is 0 Å². The van der Waals surface area contributed by atoms with Crippen LogP contribution >= 0.6 is 22.9 Å². The molecule has 0 aromatic carbocycles. The number of hydrogen-bond donors (Lipinski definition) is 1. The Bertz CT molecular complexity index is 575. The first kappa shape index (κ1) is 12.1. The summed E-state index contributed by atoms with van der Waals surface area (Å²) in [5.74, 6) is 0.968. The number of nitrogens with two attached hydrogens (primary N) is 1.